The Morgan fingerprint density at radius 3 is 2.24 bits per heavy atom. The molecule has 1 aromatic heterocycles. The minimum Gasteiger partial charge on any atom is -0.481 e. The lowest BCUT2D eigenvalue weighted by atomic mass is 9.82. The van der Waals surface area contributed by atoms with Crippen LogP contribution < -0.4 is 10.6 Å². The molecule has 0 aliphatic rings. The number of carboxylic acid groups (broad SMARTS) is 1. The number of aryl methyl sites for hydroxylation is 1. The molecule has 3 N–H and O–H groups in total. The van der Waals surface area contributed by atoms with Crippen molar-refractivity contribution in [1.82, 2.24) is 10.6 Å². The molecule has 1 aromatic rings. The highest BCUT2D eigenvalue weighted by Gasteiger charge is 2.35. The maximum Gasteiger partial charge on any atom is 0.315 e. The van der Waals surface area contributed by atoms with Crippen molar-refractivity contribution in [3.8, 4) is 0 Å². The number of aliphatic carboxylic acids is 1. The lowest BCUT2D eigenvalue weighted by Gasteiger charge is -2.26. The van der Waals surface area contributed by atoms with Crippen molar-refractivity contribution in [2.75, 3.05) is 6.54 Å². The summed E-state index contributed by atoms with van der Waals surface area (Å²) in [5.74, 6) is -0.862. The molecule has 2 amide bonds. The average molecular weight is 312 g/mol. The summed E-state index contributed by atoms with van der Waals surface area (Å²) in [5, 5.41) is 14.7. The number of nitrogens with one attached hydrogen (secondary N) is 2. The predicted molar refractivity (Wildman–Crippen MR) is 84.6 cm³/mol. The van der Waals surface area contributed by atoms with Gasteiger partial charge in [-0.15, -0.1) is 11.3 Å². The maximum absolute atomic E-state index is 11.8. The molecule has 0 saturated carbocycles. The second-order valence-corrected chi connectivity index (χ2v) is 6.30. The average Bonchev–Trinajstić information content (AvgIpc) is 2.94. The predicted octanol–water partition coefficient (Wildman–Crippen LogP) is 3.00. The van der Waals surface area contributed by atoms with Gasteiger partial charge in [0.15, 0.2) is 0 Å². The van der Waals surface area contributed by atoms with Gasteiger partial charge in [0.25, 0.3) is 0 Å². The summed E-state index contributed by atoms with van der Waals surface area (Å²) >= 11 is 1.68. The van der Waals surface area contributed by atoms with Crippen molar-refractivity contribution >= 4 is 23.3 Å². The van der Waals surface area contributed by atoms with E-state index in [4.69, 9.17) is 0 Å². The van der Waals surface area contributed by atoms with Gasteiger partial charge in [-0.3, -0.25) is 4.79 Å². The van der Waals surface area contributed by atoms with Crippen molar-refractivity contribution in [1.29, 1.82) is 0 Å². The molecule has 0 atom stereocenters. The molecule has 0 bridgehead atoms. The van der Waals surface area contributed by atoms with Crippen LogP contribution in [0.5, 0.6) is 0 Å². The SMILES string of the molecule is CCc1ccc(CNC(=O)NCC(CC)(CC)C(=O)O)s1. The number of carbonyl (C=O) groups excluding carboxylic acids is 1. The van der Waals surface area contributed by atoms with E-state index in [-0.39, 0.29) is 12.6 Å². The van der Waals surface area contributed by atoms with Crippen LogP contribution in [0.15, 0.2) is 12.1 Å². The standard InChI is InChI=1S/C15H24N2O3S/c1-4-11-7-8-12(21-11)9-16-14(20)17-10-15(5-2,6-3)13(18)19/h7-8H,4-6,9-10H2,1-3H3,(H,18,19)(H2,16,17,20). The Balaban J connectivity index is 2.44. The monoisotopic (exact) mass is 312 g/mol. The first-order chi connectivity index (χ1) is 9.97. The number of carbonyl (C=O) groups is 2. The Bertz CT molecular complexity index is 481. The fourth-order valence-corrected chi connectivity index (χ4v) is 2.96. The van der Waals surface area contributed by atoms with Gasteiger partial charge in [0.05, 0.1) is 12.0 Å². The summed E-state index contributed by atoms with van der Waals surface area (Å²) in [4.78, 5) is 25.5. The number of amides is 2. The van der Waals surface area contributed by atoms with Crippen molar-refractivity contribution in [2.45, 2.75) is 46.6 Å². The van der Waals surface area contributed by atoms with E-state index < -0.39 is 11.4 Å². The Kier molecular flexibility index (Phi) is 6.68. The van der Waals surface area contributed by atoms with Crippen LogP contribution >= 0.6 is 11.3 Å². The van der Waals surface area contributed by atoms with Crippen molar-refractivity contribution < 1.29 is 14.7 Å². The van der Waals surface area contributed by atoms with Crippen LogP contribution in [0.1, 0.15) is 43.4 Å². The van der Waals surface area contributed by atoms with E-state index >= 15 is 0 Å². The minimum absolute atomic E-state index is 0.145. The van der Waals surface area contributed by atoms with Crippen LogP contribution in [0, 0.1) is 5.41 Å². The topological polar surface area (TPSA) is 78.4 Å². The van der Waals surface area contributed by atoms with Crippen LogP contribution in [0.4, 0.5) is 4.79 Å². The quantitative estimate of drug-likeness (QED) is 0.690. The van der Waals surface area contributed by atoms with E-state index in [1.165, 1.54) is 4.88 Å². The Hall–Kier alpha value is -1.56. The third kappa shape index (κ3) is 4.74. The molecule has 21 heavy (non-hydrogen) atoms. The number of urea groups is 1. The molecule has 0 spiro atoms. The van der Waals surface area contributed by atoms with E-state index in [0.717, 1.165) is 11.3 Å². The van der Waals surface area contributed by atoms with Crippen LogP contribution in [0.25, 0.3) is 0 Å². The third-order valence-electron chi connectivity index (χ3n) is 3.88. The molecular weight excluding hydrogens is 288 g/mol. The van der Waals surface area contributed by atoms with Gasteiger partial charge in [-0.05, 0) is 31.4 Å². The molecule has 118 valence electrons. The normalized spacial score (nSPS) is 11.2. The molecule has 0 saturated heterocycles. The number of carboxylic acids is 1. The second kappa shape index (κ2) is 8.02. The Morgan fingerprint density at radius 2 is 1.76 bits per heavy atom. The summed E-state index contributed by atoms with van der Waals surface area (Å²) < 4.78 is 0. The maximum atomic E-state index is 11.8. The van der Waals surface area contributed by atoms with E-state index in [1.54, 1.807) is 11.3 Å². The van der Waals surface area contributed by atoms with Gasteiger partial charge >= 0.3 is 12.0 Å². The number of hydrogen-bond donors (Lipinski definition) is 3. The van der Waals surface area contributed by atoms with Gasteiger partial charge in [-0.2, -0.15) is 0 Å². The van der Waals surface area contributed by atoms with Gasteiger partial charge in [0.1, 0.15) is 0 Å². The van der Waals surface area contributed by atoms with Gasteiger partial charge in [-0.25, -0.2) is 4.79 Å². The molecule has 0 aliphatic carbocycles. The molecule has 6 heteroatoms. The Morgan fingerprint density at radius 1 is 1.14 bits per heavy atom. The zero-order chi connectivity index (χ0) is 15.9. The van der Waals surface area contributed by atoms with E-state index in [1.807, 2.05) is 19.9 Å². The zero-order valence-corrected chi connectivity index (χ0v) is 13.7. The number of thiophene rings is 1. The van der Waals surface area contributed by atoms with Crippen molar-refractivity contribution in [2.24, 2.45) is 5.41 Å². The first-order valence-corrected chi connectivity index (χ1v) is 8.11. The van der Waals surface area contributed by atoms with Gasteiger partial charge in [0, 0.05) is 16.3 Å². The highest BCUT2D eigenvalue weighted by molar-refractivity contribution is 7.11. The summed E-state index contributed by atoms with van der Waals surface area (Å²) in [6.07, 6.45) is 1.97. The Labute approximate surface area is 129 Å². The first-order valence-electron chi connectivity index (χ1n) is 7.30. The van der Waals surface area contributed by atoms with Crippen molar-refractivity contribution in [3.63, 3.8) is 0 Å². The lowest BCUT2D eigenvalue weighted by Crippen LogP contribution is -2.45. The summed E-state index contributed by atoms with van der Waals surface area (Å²) in [6.45, 7) is 6.36. The van der Waals surface area contributed by atoms with Crippen LogP contribution in [-0.2, 0) is 17.8 Å². The molecule has 0 unspecified atom stereocenters. The van der Waals surface area contributed by atoms with E-state index in [2.05, 4.69) is 23.6 Å². The van der Waals surface area contributed by atoms with Gasteiger partial charge < -0.3 is 15.7 Å². The van der Waals surface area contributed by atoms with Gasteiger partial charge in [0.2, 0.25) is 0 Å². The molecule has 0 aliphatic heterocycles. The highest BCUT2D eigenvalue weighted by atomic mass is 32.1. The fraction of sp³-hybridized carbons (Fsp3) is 0.600. The van der Waals surface area contributed by atoms with Crippen LogP contribution in [0.2, 0.25) is 0 Å². The molecule has 1 heterocycles. The van der Waals surface area contributed by atoms with Crippen LogP contribution in [-0.4, -0.2) is 23.7 Å². The number of hydrogen-bond acceptors (Lipinski definition) is 3. The zero-order valence-electron chi connectivity index (χ0n) is 12.9. The van der Waals surface area contributed by atoms with Gasteiger partial charge in [-0.1, -0.05) is 20.8 Å². The highest BCUT2D eigenvalue weighted by Crippen LogP contribution is 2.25. The molecule has 5 nitrogen and oxygen atoms in total. The molecule has 0 fully saturated rings. The van der Waals surface area contributed by atoms with Crippen molar-refractivity contribution in [3.05, 3.63) is 21.9 Å². The molecule has 1 rings (SSSR count). The summed E-state index contributed by atoms with van der Waals surface area (Å²) in [7, 11) is 0. The summed E-state index contributed by atoms with van der Waals surface area (Å²) in [6, 6.07) is 3.74. The van der Waals surface area contributed by atoms with E-state index in [0.29, 0.717) is 19.4 Å². The number of rotatable bonds is 8. The molecule has 0 aromatic carbocycles. The largest absolute Gasteiger partial charge is 0.481 e. The first kappa shape index (κ1) is 17.5. The van der Waals surface area contributed by atoms with Crippen LogP contribution in [0.3, 0.4) is 0 Å². The smallest absolute Gasteiger partial charge is 0.315 e. The molecular formula is C15H24N2O3S. The third-order valence-corrected chi connectivity index (χ3v) is 5.11. The summed E-state index contributed by atoms with van der Waals surface area (Å²) in [5.41, 5.74) is -0.879. The second-order valence-electron chi connectivity index (χ2n) is 5.05. The minimum atomic E-state index is -0.879. The molecule has 0 radical (unpaired) electrons. The fourth-order valence-electron chi connectivity index (χ4n) is 2.06. The van der Waals surface area contributed by atoms with E-state index in [9.17, 15) is 14.7 Å². The lowest BCUT2D eigenvalue weighted by molar-refractivity contribution is -0.149.